The van der Waals surface area contributed by atoms with Gasteiger partial charge in [0.25, 0.3) is 5.56 Å². The lowest BCUT2D eigenvalue weighted by atomic mass is 10.0. The van der Waals surface area contributed by atoms with E-state index >= 15 is 0 Å². The van der Waals surface area contributed by atoms with Gasteiger partial charge in [0.15, 0.2) is 5.76 Å². The molecule has 60 valence electrons. The van der Waals surface area contributed by atoms with Crippen molar-refractivity contribution < 1.29 is 4.52 Å². The summed E-state index contributed by atoms with van der Waals surface area (Å²) in [5.41, 5.74) is 0.509. The Morgan fingerprint density at radius 2 is 2.27 bits per heavy atom. The van der Waals surface area contributed by atoms with Gasteiger partial charge in [0.05, 0.1) is 5.56 Å². The van der Waals surface area contributed by atoms with Crippen LogP contribution in [0.4, 0.5) is 0 Å². The first kappa shape index (κ1) is 7.85. The lowest BCUT2D eigenvalue weighted by Gasteiger charge is -1.97. The minimum absolute atomic E-state index is 0.157. The molecule has 1 rings (SSSR count). The molecule has 0 aliphatic rings. The first-order valence-corrected chi connectivity index (χ1v) is 3.50. The molecule has 0 atom stereocenters. The molecule has 0 saturated heterocycles. The highest BCUT2D eigenvalue weighted by molar-refractivity contribution is 5.44. The van der Waals surface area contributed by atoms with Crippen LogP contribution in [0.2, 0.25) is 0 Å². The molecule has 0 aliphatic carbocycles. The molecule has 3 nitrogen and oxygen atoms in total. The van der Waals surface area contributed by atoms with Gasteiger partial charge < -0.3 is 4.52 Å². The van der Waals surface area contributed by atoms with E-state index in [0.717, 1.165) is 0 Å². The van der Waals surface area contributed by atoms with Crippen molar-refractivity contribution in [3.8, 4) is 0 Å². The average molecular weight is 153 g/mol. The molecule has 1 aromatic heterocycles. The van der Waals surface area contributed by atoms with Crippen molar-refractivity contribution in [2.24, 2.45) is 0 Å². The van der Waals surface area contributed by atoms with E-state index in [0.29, 0.717) is 11.3 Å². The van der Waals surface area contributed by atoms with Crippen LogP contribution < -0.4 is 5.56 Å². The van der Waals surface area contributed by atoms with Crippen LogP contribution in [0.15, 0.2) is 15.9 Å². The Labute approximate surface area is 64.7 Å². The number of aromatic nitrogens is 1. The zero-order valence-electron chi connectivity index (χ0n) is 6.68. The first-order valence-electron chi connectivity index (χ1n) is 3.50. The molecule has 0 unspecified atom stereocenters. The van der Waals surface area contributed by atoms with E-state index in [4.69, 9.17) is 4.52 Å². The summed E-state index contributed by atoms with van der Waals surface area (Å²) in [4.78, 5) is 11.0. The van der Waals surface area contributed by atoms with E-state index in [1.54, 1.807) is 0 Å². The molecule has 0 spiro atoms. The van der Waals surface area contributed by atoms with Crippen molar-refractivity contribution in [3.63, 3.8) is 0 Å². The molecule has 11 heavy (non-hydrogen) atoms. The van der Waals surface area contributed by atoms with Crippen LogP contribution in [0, 0.1) is 0 Å². The number of aromatic amines is 1. The Hall–Kier alpha value is -1.25. The second-order valence-electron chi connectivity index (χ2n) is 2.67. The van der Waals surface area contributed by atoms with Crippen molar-refractivity contribution in [1.82, 2.24) is 5.16 Å². The molecule has 0 fully saturated rings. The molecule has 3 heteroatoms. The number of rotatable bonds is 2. The van der Waals surface area contributed by atoms with Gasteiger partial charge in [-0.3, -0.25) is 4.79 Å². The highest BCUT2D eigenvalue weighted by atomic mass is 16.5. The molecule has 0 radical (unpaired) electrons. The van der Waals surface area contributed by atoms with Crippen LogP contribution >= 0.6 is 0 Å². The third-order valence-corrected chi connectivity index (χ3v) is 1.53. The predicted octanol–water partition coefficient (Wildman–Crippen LogP) is 1.73. The number of H-pyrrole nitrogens is 1. The maximum Gasteiger partial charge on any atom is 0.283 e. The van der Waals surface area contributed by atoms with Crippen molar-refractivity contribution in [1.29, 1.82) is 0 Å². The summed E-state index contributed by atoms with van der Waals surface area (Å²) in [6.45, 7) is 7.41. The predicted molar refractivity (Wildman–Crippen MR) is 43.5 cm³/mol. The van der Waals surface area contributed by atoms with Crippen molar-refractivity contribution in [3.05, 3.63) is 28.3 Å². The molecule has 1 N–H and O–H groups in total. The molecule has 0 bridgehead atoms. The van der Waals surface area contributed by atoms with E-state index in [2.05, 4.69) is 11.7 Å². The van der Waals surface area contributed by atoms with E-state index < -0.39 is 0 Å². The van der Waals surface area contributed by atoms with Gasteiger partial charge in [-0.25, -0.2) is 0 Å². The fraction of sp³-hybridized carbons (Fsp3) is 0.375. The maximum atomic E-state index is 11.0. The van der Waals surface area contributed by atoms with Gasteiger partial charge in [0, 0.05) is 0 Å². The largest absolute Gasteiger partial charge is 0.379 e. The maximum absolute atomic E-state index is 11.0. The summed E-state index contributed by atoms with van der Waals surface area (Å²) in [5, 5.41) is 2.27. The lowest BCUT2D eigenvalue weighted by Crippen LogP contribution is -2.07. The highest BCUT2D eigenvalue weighted by Gasteiger charge is 2.12. The lowest BCUT2D eigenvalue weighted by molar-refractivity contribution is 0.406. The minimum Gasteiger partial charge on any atom is -0.379 e. The van der Waals surface area contributed by atoms with Crippen LogP contribution in [0.5, 0.6) is 0 Å². The first-order chi connectivity index (χ1) is 5.16. The molecule has 0 amide bonds. The van der Waals surface area contributed by atoms with Crippen molar-refractivity contribution >= 4 is 6.08 Å². The quantitative estimate of drug-likeness (QED) is 0.703. The molecule has 0 aliphatic heterocycles. The molecular formula is C8H11NO2. The van der Waals surface area contributed by atoms with Gasteiger partial charge in [0.2, 0.25) is 0 Å². The topological polar surface area (TPSA) is 46.0 Å². The van der Waals surface area contributed by atoms with Crippen molar-refractivity contribution in [2.75, 3.05) is 0 Å². The minimum atomic E-state index is -0.157. The zero-order chi connectivity index (χ0) is 8.43. The monoisotopic (exact) mass is 153 g/mol. The standard InChI is InChI=1S/C8H11NO2/c1-4-6-7(5(2)3)8(10)9-11-6/h4-5H,1H2,2-3H3,(H,9,10). The van der Waals surface area contributed by atoms with E-state index in [1.165, 1.54) is 6.08 Å². The number of nitrogens with one attached hydrogen (secondary N) is 1. The van der Waals surface area contributed by atoms with Crippen LogP contribution in [-0.2, 0) is 0 Å². The third kappa shape index (κ3) is 1.27. The van der Waals surface area contributed by atoms with Gasteiger partial charge in [-0.1, -0.05) is 20.4 Å². The third-order valence-electron chi connectivity index (χ3n) is 1.53. The van der Waals surface area contributed by atoms with E-state index in [1.807, 2.05) is 13.8 Å². The number of hydrogen-bond donors (Lipinski definition) is 1. The summed E-state index contributed by atoms with van der Waals surface area (Å²) in [7, 11) is 0. The fourth-order valence-electron chi connectivity index (χ4n) is 1.02. The summed E-state index contributed by atoms with van der Waals surface area (Å²) in [6.07, 6.45) is 1.53. The highest BCUT2D eigenvalue weighted by Crippen LogP contribution is 2.15. The van der Waals surface area contributed by atoms with Crippen molar-refractivity contribution in [2.45, 2.75) is 19.8 Å². The molecule has 1 aromatic rings. The normalized spacial score (nSPS) is 10.5. The van der Waals surface area contributed by atoms with Crippen LogP contribution in [0.1, 0.15) is 31.1 Å². The van der Waals surface area contributed by atoms with Gasteiger partial charge in [-0.05, 0) is 12.0 Å². The summed E-state index contributed by atoms with van der Waals surface area (Å²) < 4.78 is 4.85. The van der Waals surface area contributed by atoms with E-state index in [9.17, 15) is 4.79 Å². The van der Waals surface area contributed by atoms with Crippen LogP contribution in [-0.4, -0.2) is 5.16 Å². The van der Waals surface area contributed by atoms with Gasteiger partial charge in [0.1, 0.15) is 0 Å². The Bertz CT molecular complexity index is 306. The van der Waals surface area contributed by atoms with Crippen LogP contribution in [0.25, 0.3) is 6.08 Å². The molecule has 1 heterocycles. The second kappa shape index (κ2) is 2.78. The Morgan fingerprint density at radius 3 is 2.64 bits per heavy atom. The second-order valence-corrected chi connectivity index (χ2v) is 2.67. The SMILES string of the molecule is C=Cc1o[nH]c(=O)c1C(C)C. The van der Waals surface area contributed by atoms with Gasteiger partial charge in [-0.2, -0.15) is 5.16 Å². The summed E-state index contributed by atoms with van der Waals surface area (Å²) in [5.74, 6) is 0.718. The fourth-order valence-corrected chi connectivity index (χ4v) is 1.02. The molecule has 0 saturated carbocycles. The van der Waals surface area contributed by atoms with E-state index in [-0.39, 0.29) is 11.5 Å². The zero-order valence-corrected chi connectivity index (χ0v) is 6.68. The Morgan fingerprint density at radius 1 is 1.64 bits per heavy atom. The Balaban J connectivity index is 3.29. The van der Waals surface area contributed by atoms with Crippen LogP contribution in [0.3, 0.4) is 0 Å². The Kier molecular flexibility index (Phi) is 1.98. The molecular weight excluding hydrogens is 142 g/mol. The molecule has 0 aromatic carbocycles. The van der Waals surface area contributed by atoms with Gasteiger partial charge in [-0.15, -0.1) is 0 Å². The average Bonchev–Trinajstić information content (AvgIpc) is 2.30. The van der Waals surface area contributed by atoms with Gasteiger partial charge >= 0.3 is 0 Å². The number of hydrogen-bond acceptors (Lipinski definition) is 2. The smallest absolute Gasteiger partial charge is 0.283 e. The summed E-state index contributed by atoms with van der Waals surface area (Å²) in [6, 6.07) is 0. The summed E-state index contributed by atoms with van der Waals surface area (Å²) >= 11 is 0.